The number of rotatable bonds is 7. The molecule has 1 saturated carbocycles. The number of nitrogens with one attached hydrogen (secondary N) is 1. The van der Waals surface area contributed by atoms with Crippen LogP contribution in [0.25, 0.3) is 0 Å². The first-order valence-electron chi connectivity index (χ1n) is 7.41. The predicted molar refractivity (Wildman–Crippen MR) is 92.7 cm³/mol. The molecule has 0 saturated heterocycles. The molecule has 0 spiro atoms. The fourth-order valence-corrected chi connectivity index (χ4v) is 3.97. The van der Waals surface area contributed by atoms with Crippen molar-refractivity contribution >= 4 is 34.5 Å². The first-order valence-corrected chi connectivity index (χ1v) is 8.99. The lowest BCUT2D eigenvalue weighted by Crippen LogP contribution is -2.27. The molecule has 112 valence electrons. The highest BCUT2D eigenvalue weighted by Gasteiger charge is 2.22. The Morgan fingerprint density at radius 3 is 2.57 bits per heavy atom. The molecule has 4 heteroatoms. The Morgan fingerprint density at radius 2 is 1.90 bits per heavy atom. The Kier molecular flexibility index (Phi) is 5.23. The second kappa shape index (κ2) is 7.15. The van der Waals surface area contributed by atoms with E-state index in [9.17, 15) is 0 Å². The molecule has 2 aromatic rings. The van der Waals surface area contributed by atoms with Crippen molar-refractivity contribution in [2.75, 3.05) is 6.54 Å². The molecule has 1 aromatic heterocycles. The summed E-state index contributed by atoms with van der Waals surface area (Å²) in [4.78, 5) is 1.36. The standard InChI is InChI=1S/C17H19Cl2NS/c18-16-4-2-1-3-13(16)9-12(11-20-14-5-6-14)10-15-7-8-17(19)21-15/h1-4,7-8,12,14,20H,5-6,9-11H2. The second-order valence-corrected chi connectivity index (χ2v) is 7.96. The molecule has 1 aliphatic rings. The fourth-order valence-electron chi connectivity index (χ4n) is 2.56. The molecule has 21 heavy (non-hydrogen) atoms. The highest BCUT2D eigenvalue weighted by atomic mass is 35.5. The van der Waals surface area contributed by atoms with Crippen molar-refractivity contribution in [3.05, 3.63) is 56.2 Å². The van der Waals surface area contributed by atoms with E-state index >= 15 is 0 Å². The van der Waals surface area contributed by atoms with Gasteiger partial charge in [-0.2, -0.15) is 0 Å². The molecule has 0 amide bonds. The van der Waals surface area contributed by atoms with Gasteiger partial charge in [0.2, 0.25) is 0 Å². The van der Waals surface area contributed by atoms with E-state index in [2.05, 4.69) is 23.5 Å². The van der Waals surface area contributed by atoms with Gasteiger partial charge >= 0.3 is 0 Å². The molecule has 1 N–H and O–H groups in total. The normalized spacial score (nSPS) is 16.1. The van der Waals surface area contributed by atoms with E-state index in [4.69, 9.17) is 23.2 Å². The van der Waals surface area contributed by atoms with Crippen molar-refractivity contribution in [3.63, 3.8) is 0 Å². The maximum atomic E-state index is 6.31. The van der Waals surface area contributed by atoms with E-state index < -0.39 is 0 Å². The van der Waals surface area contributed by atoms with Crippen molar-refractivity contribution in [2.24, 2.45) is 5.92 Å². The summed E-state index contributed by atoms with van der Waals surface area (Å²) in [5.74, 6) is 0.556. The highest BCUT2D eigenvalue weighted by Crippen LogP contribution is 2.27. The minimum Gasteiger partial charge on any atom is -0.314 e. The minimum absolute atomic E-state index is 0.556. The first-order chi connectivity index (χ1) is 10.2. The van der Waals surface area contributed by atoms with Gasteiger partial charge in [0.25, 0.3) is 0 Å². The zero-order valence-electron chi connectivity index (χ0n) is 11.8. The number of hydrogen-bond donors (Lipinski definition) is 1. The van der Waals surface area contributed by atoms with Gasteiger partial charge in [0.15, 0.2) is 0 Å². The lowest BCUT2D eigenvalue weighted by atomic mass is 9.95. The van der Waals surface area contributed by atoms with Gasteiger partial charge in [0.1, 0.15) is 0 Å². The van der Waals surface area contributed by atoms with Crippen molar-refractivity contribution in [2.45, 2.75) is 31.7 Å². The Balaban J connectivity index is 1.67. The monoisotopic (exact) mass is 339 g/mol. The third-order valence-corrected chi connectivity index (χ3v) is 5.48. The summed E-state index contributed by atoms with van der Waals surface area (Å²) >= 11 is 14.0. The maximum absolute atomic E-state index is 6.31. The van der Waals surface area contributed by atoms with E-state index in [1.807, 2.05) is 18.2 Å². The molecule has 1 aliphatic carbocycles. The molecule has 3 rings (SSSR count). The molecule has 1 fully saturated rings. The van der Waals surface area contributed by atoms with Gasteiger partial charge in [-0.05, 0) is 61.9 Å². The van der Waals surface area contributed by atoms with Crippen LogP contribution in [0, 0.1) is 5.92 Å². The summed E-state index contributed by atoms with van der Waals surface area (Å²) in [5.41, 5.74) is 1.24. The molecule has 1 atom stereocenters. The third kappa shape index (κ3) is 4.72. The van der Waals surface area contributed by atoms with Crippen LogP contribution in [0.5, 0.6) is 0 Å². The zero-order valence-corrected chi connectivity index (χ0v) is 14.1. The SMILES string of the molecule is Clc1ccc(CC(CNC2CC2)Cc2ccccc2Cl)s1. The Morgan fingerprint density at radius 1 is 1.10 bits per heavy atom. The van der Waals surface area contributed by atoms with Crippen molar-refractivity contribution < 1.29 is 0 Å². The molecular weight excluding hydrogens is 321 g/mol. The topological polar surface area (TPSA) is 12.0 Å². The molecule has 0 aliphatic heterocycles. The molecular formula is C17H19Cl2NS. The van der Waals surface area contributed by atoms with Crippen LogP contribution in [0.4, 0.5) is 0 Å². The second-order valence-electron chi connectivity index (χ2n) is 5.75. The van der Waals surface area contributed by atoms with Crippen molar-refractivity contribution in [1.29, 1.82) is 0 Å². The van der Waals surface area contributed by atoms with Gasteiger partial charge in [-0.1, -0.05) is 41.4 Å². The van der Waals surface area contributed by atoms with Gasteiger partial charge in [-0.25, -0.2) is 0 Å². The number of hydrogen-bond acceptors (Lipinski definition) is 2. The van der Waals surface area contributed by atoms with Gasteiger partial charge in [-0.3, -0.25) is 0 Å². The fraction of sp³-hybridized carbons (Fsp3) is 0.412. The van der Waals surface area contributed by atoms with E-state index in [0.29, 0.717) is 5.92 Å². The van der Waals surface area contributed by atoms with Crippen LogP contribution in [0.2, 0.25) is 9.36 Å². The van der Waals surface area contributed by atoms with Crippen LogP contribution >= 0.6 is 34.5 Å². The van der Waals surface area contributed by atoms with Crippen molar-refractivity contribution in [1.82, 2.24) is 5.32 Å². The molecule has 1 aromatic carbocycles. The lowest BCUT2D eigenvalue weighted by Gasteiger charge is -2.18. The Hall–Kier alpha value is -0.540. The smallest absolute Gasteiger partial charge is 0.0931 e. The zero-order chi connectivity index (χ0) is 14.7. The van der Waals surface area contributed by atoms with Crippen LogP contribution in [0.1, 0.15) is 23.3 Å². The predicted octanol–water partition coefficient (Wildman–Crippen LogP) is 5.21. The van der Waals surface area contributed by atoms with Crippen LogP contribution in [-0.4, -0.2) is 12.6 Å². The summed E-state index contributed by atoms with van der Waals surface area (Å²) < 4.78 is 0.872. The van der Waals surface area contributed by atoms with Crippen LogP contribution < -0.4 is 5.32 Å². The summed E-state index contributed by atoms with van der Waals surface area (Å²) in [7, 11) is 0. The molecule has 0 bridgehead atoms. The van der Waals surface area contributed by atoms with E-state index in [1.165, 1.54) is 23.3 Å². The van der Waals surface area contributed by atoms with Crippen LogP contribution in [0.3, 0.4) is 0 Å². The van der Waals surface area contributed by atoms with Gasteiger partial charge in [0.05, 0.1) is 4.34 Å². The molecule has 1 unspecified atom stereocenters. The molecule has 1 nitrogen and oxygen atoms in total. The third-order valence-electron chi connectivity index (χ3n) is 3.86. The summed E-state index contributed by atoms with van der Waals surface area (Å²) in [5, 5.41) is 4.53. The lowest BCUT2D eigenvalue weighted by molar-refractivity contribution is 0.471. The van der Waals surface area contributed by atoms with Crippen LogP contribution in [0.15, 0.2) is 36.4 Å². The number of thiophene rings is 1. The first kappa shape index (κ1) is 15.4. The quantitative estimate of drug-likeness (QED) is 0.730. The number of halogens is 2. The molecule has 1 heterocycles. The van der Waals surface area contributed by atoms with E-state index in [1.54, 1.807) is 11.3 Å². The average Bonchev–Trinajstić information content (AvgIpc) is 3.21. The average molecular weight is 340 g/mol. The number of benzene rings is 1. The summed E-state index contributed by atoms with van der Waals surface area (Å²) in [6, 6.07) is 13.0. The highest BCUT2D eigenvalue weighted by molar-refractivity contribution is 7.16. The largest absolute Gasteiger partial charge is 0.314 e. The van der Waals surface area contributed by atoms with Gasteiger partial charge in [0, 0.05) is 15.9 Å². The van der Waals surface area contributed by atoms with Crippen LogP contribution in [-0.2, 0) is 12.8 Å². The van der Waals surface area contributed by atoms with E-state index in [-0.39, 0.29) is 0 Å². The molecule has 0 radical (unpaired) electrons. The van der Waals surface area contributed by atoms with Crippen molar-refractivity contribution in [3.8, 4) is 0 Å². The Bertz CT molecular complexity index is 592. The Labute approximate surface area is 140 Å². The summed E-state index contributed by atoms with van der Waals surface area (Å²) in [6.45, 7) is 1.05. The van der Waals surface area contributed by atoms with Gasteiger partial charge in [-0.15, -0.1) is 11.3 Å². The summed E-state index contributed by atoms with van der Waals surface area (Å²) in [6.07, 6.45) is 4.71. The minimum atomic E-state index is 0.556. The maximum Gasteiger partial charge on any atom is 0.0931 e. The van der Waals surface area contributed by atoms with E-state index in [0.717, 1.165) is 34.8 Å². The van der Waals surface area contributed by atoms with Gasteiger partial charge < -0.3 is 5.32 Å².